The van der Waals surface area contributed by atoms with Gasteiger partial charge in [-0.1, -0.05) is 39.0 Å². The first kappa shape index (κ1) is 19.5. The minimum Gasteiger partial charge on any atom is -0.351 e. The van der Waals surface area contributed by atoms with Gasteiger partial charge < -0.3 is 9.88 Å². The number of nitrogens with one attached hydrogen (secondary N) is 2. The number of carbonyl (C=O) groups is 1. The summed E-state index contributed by atoms with van der Waals surface area (Å²) in [6, 6.07) is 1.82. The van der Waals surface area contributed by atoms with E-state index in [9.17, 15) is 4.79 Å². The van der Waals surface area contributed by atoms with Gasteiger partial charge in [0.1, 0.15) is 11.5 Å². The second kappa shape index (κ2) is 9.60. The first-order valence-corrected chi connectivity index (χ1v) is 10.1. The first-order valence-electron chi connectivity index (χ1n) is 8.83. The van der Waals surface area contributed by atoms with E-state index in [1.165, 1.54) is 0 Å². The maximum Gasteiger partial charge on any atom is 0.271 e. The van der Waals surface area contributed by atoms with Crippen molar-refractivity contribution in [2.75, 3.05) is 12.8 Å². The Morgan fingerprint density at radius 3 is 2.84 bits per heavy atom. The quantitative estimate of drug-likeness (QED) is 0.500. The number of aromatic nitrogens is 5. The molecule has 0 radical (unpaired) electrons. The van der Waals surface area contributed by atoms with Crippen LogP contribution in [0.3, 0.4) is 0 Å². The molecule has 0 saturated carbocycles. The number of nitrogens with zero attached hydrogens (tertiary/aromatic N) is 4. The fourth-order valence-electron chi connectivity index (χ4n) is 2.62. The van der Waals surface area contributed by atoms with Gasteiger partial charge in [-0.25, -0.2) is 0 Å². The van der Waals surface area contributed by atoms with Gasteiger partial charge in [-0.05, 0) is 31.1 Å². The van der Waals surface area contributed by atoms with Gasteiger partial charge in [0.15, 0.2) is 5.16 Å². The summed E-state index contributed by atoms with van der Waals surface area (Å²) in [4.78, 5) is 12.1. The number of hydrogen-bond acceptors (Lipinski definition) is 5. The Kier molecular flexibility index (Phi) is 7.49. The molecule has 1 amide bonds. The Hall–Kier alpha value is -1.83. The molecule has 0 spiro atoms. The minimum absolute atomic E-state index is 0.132. The summed E-state index contributed by atoms with van der Waals surface area (Å²) in [5, 5.41) is 19.4. The van der Waals surface area contributed by atoms with Crippen LogP contribution < -0.4 is 5.32 Å². The zero-order valence-electron chi connectivity index (χ0n) is 15.5. The lowest BCUT2D eigenvalue weighted by atomic mass is 10.2. The molecule has 0 fully saturated rings. The van der Waals surface area contributed by atoms with Crippen molar-refractivity contribution in [1.29, 1.82) is 0 Å². The number of amides is 1. The largest absolute Gasteiger partial charge is 0.351 e. The molecule has 0 aliphatic carbocycles. The molecule has 2 aromatic rings. The van der Waals surface area contributed by atoms with Gasteiger partial charge in [0.05, 0.1) is 0 Å². The fraction of sp³-hybridized carbons (Fsp3) is 0.647. The fourth-order valence-corrected chi connectivity index (χ4v) is 3.14. The summed E-state index contributed by atoms with van der Waals surface area (Å²) < 4.78 is 2.18. The summed E-state index contributed by atoms with van der Waals surface area (Å²) in [6.45, 7) is 7.98. The predicted molar refractivity (Wildman–Crippen MR) is 99.9 cm³/mol. The standard InChI is InChI=1S/C17H28N6OS/c1-5-7-13-10-14(20-19-13)16(24)18-9-6-8-15-21-22-17(25-4)23(15)11-12(2)3/h10,12H,5-9,11H2,1-4H3,(H,18,24)(H,19,20). The second-order valence-corrected chi connectivity index (χ2v) is 7.27. The highest BCUT2D eigenvalue weighted by atomic mass is 32.2. The third-order valence-electron chi connectivity index (χ3n) is 3.77. The number of hydrogen-bond donors (Lipinski definition) is 2. The molecule has 2 N–H and O–H groups in total. The Morgan fingerprint density at radius 1 is 1.36 bits per heavy atom. The van der Waals surface area contributed by atoms with Gasteiger partial charge in [-0.3, -0.25) is 9.89 Å². The van der Waals surface area contributed by atoms with Crippen LogP contribution in [0.5, 0.6) is 0 Å². The molecule has 0 atom stereocenters. The van der Waals surface area contributed by atoms with Gasteiger partial charge in [0.25, 0.3) is 5.91 Å². The summed E-state index contributed by atoms with van der Waals surface area (Å²) in [7, 11) is 0. The SMILES string of the molecule is CCCc1cc(C(=O)NCCCc2nnc(SC)n2CC(C)C)n[nH]1. The highest BCUT2D eigenvalue weighted by molar-refractivity contribution is 7.98. The average molecular weight is 365 g/mol. The van der Waals surface area contributed by atoms with E-state index in [0.717, 1.165) is 48.9 Å². The zero-order chi connectivity index (χ0) is 18.2. The predicted octanol–water partition coefficient (Wildman–Crippen LogP) is 2.69. The Bertz CT molecular complexity index is 678. The van der Waals surface area contributed by atoms with Gasteiger partial charge in [-0.15, -0.1) is 10.2 Å². The molecular weight excluding hydrogens is 336 g/mol. The molecule has 0 aliphatic heterocycles. The zero-order valence-corrected chi connectivity index (χ0v) is 16.3. The Balaban J connectivity index is 1.82. The van der Waals surface area contributed by atoms with Gasteiger partial charge >= 0.3 is 0 Å². The molecule has 0 aromatic carbocycles. The molecule has 2 heterocycles. The molecule has 138 valence electrons. The van der Waals surface area contributed by atoms with Crippen molar-refractivity contribution in [3.05, 3.63) is 23.3 Å². The molecule has 0 saturated heterocycles. The highest BCUT2D eigenvalue weighted by Gasteiger charge is 2.13. The van der Waals surface area contributed by atoms with Crippen LogP contribution in [-0.2, 0) is 19.4 Å². The summed E-state index contributed by atoms with van der Waals surface area (Å²) in [5.41, 5.74) is 1.45. The van der Waals surface area contributed by atoms with E-state index in [-0.39, 0.29) is 5.91 Å². The van der Waals surface area contributed by atoms with Crippen molar-refractivity contribution in [3.63, 3.8) is 0 Å². The van der Waals surface area contributed by atoms with Crippen molar-refractivity contribution in [3.8, 4) is 0 Å². The number of rotatable bonds is 10. The Morgan fingerprint density at radius 2 is 2.16 bits per heavy atom. The smallest absolute Gasteiger partial charge is 0.271 e. The summed E-state index contributed by atoms with van der Waals surface area (Å²) in [5.74, 6) is 1.39. The monoisotopic (exact) mass is 364 g/mol. The molecule has 25 heavy (non-hydrogen) atoms. The van der Waals surface area contributed by atoms with Gasteiger partial charge in [0, 0.05) is 25.2 Å². The molecule has 8 heteroatoms. The lowest BCUT2D eigenvalue weighted by Crippen LogP contribution is -2.25. The van der Waals surface area contributed by atoms with Crippen molar-refractivity contribution in [1.82, 2.24) is 30.3 Å². The molecule has 2 rings (SSSR count). The molecule has 0 unspecified atom stereocenters. The van der Waals surface area contributed by atoms with Crippen LogP contribution in [0.25, 0.3) is 0 Å². The second-order valence-electron chi connectivity index (χ2n) is 6.50. The van der Waals surface area contributed by atoms with Crippen LogP contribution in [0.4, 0.5) is 0 Å². The average Bonchev–Trinajstić information content (AvgIpc) is 3.19. The maximum atomic E-state index is 12.1. The normalized spacial score (nSPS) is 11.2. The third-order valence-corrected chi connectivity index (χ3v) is 4.44. The number of H-pyrrole nitrogens is 1. The van der Waals surface area contributed by atoms with Crippen molar-refractivity contribution in [2.24, 2.45) is 5.92 Å². The molecular formula is C17H28N6OS. The number of aryl methyl sites for hydroxylation is 2. The van der Waals surface area contributed by atoms with Crippen molar-refractivity contribution >= 4 is 17.7 Å². The molecule has 0 aliphatic rings. The van der Waals surface area contributed by atoms with Crippen molar-refractivity contribution in [2.45, 2.75) is 58.2 Å². The first-order chi connectivity index (χ1) is 12.0. The van der Waals surface area contributed by atoms with Crippen molar-refractivity contribution < 1.29 is 4.79 Å². The van der Waals surface area contributed by atoms with Crippen LogP contribution in [-0.4, -0.2) is 43.7 Å². The Labute approximate surface area is 153 Å². The highest BCUT2D eigenvalue weighted by Crippen LogP contribution is 2.16. The lowest BCUT2D eigenvalue weighted by molar-refractivity contribution is 0.0948. The minimum atomic E-state index is -0.132. The van der Waals surface area contributed by atoms with Gasteiger partial charge in [-0.2, -0.15) is 5.10 Å². The van der Waals surface area contributed by atoms with E-state index in [1.54, 1.807) is 11.8 Å². The lowest BCUT2D eigenvalue weighted by Gasteiger charge is -2.11. The number of carbonyl (C=O) groups excluding carboxylic acids is 1. The topological polar surface area (TPSA) is 88.5 Å². The van der Waals surface area contributed by atoms with Crippen LogP contribution in [0.15, 0.2) is 11.2 Å². The van der Waals surface area contributed by atoms with Crippen LogP contribution >= 0.6 is 11.8 Å². The van der Waals surface area contributed by atoms with Crippen LogP contribution in [0.2, 0.25) is 0 Å². The third kappa shape index (κ3) is 5.59. The van der Waals surface area contributed by atoms with Crippen LogP contribution in [0.1, 0.15) is 55.6 Å². The van der Waals surface area contributed by atoms with Gasteiger partial charge in [0.2, 0.25) is 0 Å². The van der Waals surface area contributed by atoms with E-state index in [2.05, 4.69) is 51.0 Å². The maximum absolute atomic E-state index is 12.1. The summed E-state index contributed by atoms with van der Waals surface area (Å²) >= 11 is 1.61. The number of aromatic amines is 1. The number of thioether (sulfide) groups is 1. The molecule has 2 aromatic heterocycles. The summed E-state index contributed by atoms with van der Waals surface area (Å²) in [6.07, 6.45) is 5.56. The van der Waals surface area contributed by atoms with E-state index in [0.29, 0.717) is 18.2 Å². The van der Waals surface area contributed by atoms with E-state index >= 15 is 0 Å². The van der Waals surface area contributed by atoms with E-state index in [1.807, 2.05) is 12.3 Å². The van der Waals surface area contributed by atoms with Crippen LogP contribution in [0, 0.1) is 5.92 Å². The molecule has 7 nitrogen and oxygen atoms in total. The molecule has 0 bridgehead atoms. The van der Waals surface area contributed by atoms with E-state index in [4.69, 9.17) is 0 Å². The van der Waals surface area contributed by atoms with E-state index < -0.39 is 0 Å².